The van der Waals surface area contributed by atoms with Crippen LogP contribution in [0.2, 0.25) is 0 Å². The normalized spacial score (nSPS) is 14.3. The van der Waals surface area contributed by atoms with Gasteiger partial charge in [0.2, 0.25) is 5.91 Å². The number of rotatable bonds is 8. The van der Waals surface area contributed by atoms with E-state index in [1.807, 2.05) is 14.1 Å². The highest BCUT2D eigenvalue weighted by Crippen LogP contribution is 2.03. The molecular formula is C11H25N2O4S+. The van der Waals surface area contributed by atoms with Crippen LogP contribution in [-0.2, 0) is 14.6 Å². The number of hydrogen-bond acceptors (Lipinski definition) is 4. The molecule has 18 heavy (non-hydrogen) atoms. The molecule has 2 N–H and O–H groups in total. The molecule has 0 aromatic heterocycles. The van der Waals surface area contributed by atoms with Gasteiger partial charge in [-0.1, -0.05) is 0 Å². The monoisotopic (exact) mass is 281 g/mol. The van der Waals surface area contributed by atoms with Gasteiger partial charge in [0.05, 0.1) is 26.4 Å². The molecule has 1 unspecified atom stereocenters. The van der Waals surface area contributed by atoms with Crippen molar-refractivity contribution in [3.63, 3.8) is 0 Å². The molecule has 1 amide bonds. The van der Waals surface area contributed by atoms with Crippen molar-refractivity contribution in [2.45, 2.75) is 19.4 Å². The summed E-state index contributed by atoms with van der Waals surface area (Å²) in [5.74, 6) is -0.266. The van der Waals surface area contributed by atoms with Crippen molar-refractivity contribution >= 4 is 15.7 Å². The summed E-state index contributed by atoms with van der Waals surface area (Å²) in [7, 11) is 0.711. The maximum Gasteiger partial charge on any atom is 0.216 e. The molecule has 0 fully saturated rings. The van der Waals surface area contributed by atoms with E-state index in [2.05, 4.69) is 5.32 Å². The lowest BCUT2D eigenvalue weighted by atomic mass is 10.3. The van der Waals surface area contributed by atoms with Crippen molar-refractivity contribution in [2.75, 3.05) is 45.7 Å². The third-order valence-electron chi connectivity index (χ3n) is 2.51. The van der Waals surface area contributed by atoms with Crippen LogP contribution in [0.1, 0.15) is 13.3 Å². The summed E-state index contributed by atoms with van der Waals surface area (Å²) in [6, 6.07) is 0. The number of carbonyl (C=O) groups is 1. The first kappa shape index (κ1) is 17.3. The molecule has 0 radical (unpaired) electrons. The van der Waals surface area contributed by atoms with Crippen molar-refractivity contribution < 1.29 is 22.8 Å². The van der Waals surface area contributed by atoms with E-state index in [0.717, 1.165) is 19.2 Å². The third-order valence-corrected chi connectivity index (χ3v) is 3.50. The number of carbonyl (C=O) groups excluding carboxylic acids is 1. The van der Waals surface area contributed by atoms with Crippen LogP contribution < -0.4 is 5.32 Å². The molecule has 0 heterocycles. The van der Waals surface area contributed by atoms with Crippen LogP contribution in [-0.4, -0.2) is 75.8 Å². The molecule has 0 rings (SSSR count). The molecule has 0 saturated carbocycles. The molecule has 0 aliphatic carbocycles. The van der Waals surface area contributed by atoms with Crippen molar-refractivity contribution in [1.29, 1.82) is 0 Å². The summed E-state index contributed by atoms with van der Waals surface area (Å²) in [4.78, 5) is 10.7. The van der Waals surface area contributed by atoms with Gasteiger partial charge in [-0.15, -0.1) is 0 Å². The fraction of sp³-hybridized carbons (Fsp3) is 0.909. The minimum atomic E-state index is -3.15. The maximum atomic E-state index is 11.0. The molecule has 0 aromatic carbocycles. The number of aliphatic hydroxyl groups is 1. The average molecular weight is 281 g/mol. The summed E-state index contributed by atoms with van der Waals surface area (Å²) in [5.41, 5.74) is 0. The van der Waals surface area contributed by atoms with Crippen LogP contribution in [0, 0.1) is 0 Å². The predicted molar refractivity (Wildman–Crippen MR) is 70.9 cm³/mol. The van der Waals surface area contributed by atoms with Crippen LogP contribution in [0.25, 0.3) is 0 Å². The standard InChI is InChI=1S/C11H24N2O4S/c1-10(14)12-6-5-7-13(2,3)8-11(15)9-18(4,16)17/h11,15H,5-9H2,1-4H3/p+1. The van der Waals surface area contributed by atoms with E-state index >= 15 is 0 Å². The van der Waals surface area contributed by atoms with E-state index in [0.29, 0.717) is 17.6 Å². The van der Waals surface area contributed by atoms with Gasteiger partial charge in [0, 0.05) is 26.1 Å². The van der Waals surface area contributed by atoms with Crippen LogP contribution >= 0.6 is 0 Å². The fourth-order valence-corrected chi connectivity index (χ4v) is 2.64. The molecule has 108 valence electrons. The Morgan fingerprint density at radius 2 is 1.94 bits per heavy atom. The van der Waals surface area contributed by atoms with Crippen LogP contribution in [0.4, 0.5) is 0 Å². The minimum Gasteiger partial charge on any atom is -0.386 e. The van der Waals surface area contributed by atoms with E-state index in [4.69, 9.17) is 0 Å². The summed E-state index contributed by atoms with van der Waals surface area (Å²) in [5, 5.41) is 12.4. The van der Waals surface area contributed by atoms with Gasteiger partial charge in [0.25, 0.3) is 0 Å². The van der Waals surface area contributed by atoms with Gasteiger partial charge in [-0.25, -0.2) is 8.42 Å². The molecule has 6 nitrogen and oxygen atoms in total. The Bertz CT molecular complexity index is 365. The summed E-state index contributed by atoms with van der Waals surface area (Å²) in [6.45, 7) is 3.21. The summed E-state index contributed by atoms with van der Waals surface area (Å²) >= 11 is 0. The minimum absolute atomic E-state index is 0.0579. The van der Waals surface area contributed by atoms with Gasteiger partial charge in [-0.05, 0) is 0 Å². The van der Waals surface area contributed by atoms with Crippen LogP contribution in [0.3, 0.4) is 0 Å². The smallest absolute Gasteiger partial charge is 0.216 e. The van der Waals surface area contributed by atoms with Gasteiger partial charge in [-0.3, -0.25) is 4.79 Å². The topological polar surface area (TPSA) is 83.5 Å². The zero-order valence-corrected chi connectivity index (χ0v) is 12.5. The molecule has 7 heteroatoms. The number of likely N-dealkylation sites (N-methyl/N-ethyl adjacent to an activating group) is 1. The van der Waals surface area contributed by atoms with Gasteiger partial charge >= 0.3 is 0 Å². The Morgan fingerprint density at radius 1 is 1.39 bits per heavy atom. The number of nitrogens with one attached hydrogen (secondary N) is 1. The number of sulfone groups is 1. The lowest BCUT2D eigenvalue weighted by Crippen LogP contribution is -2.48. The predicted octanol–water partition coefficient (Wildman–Crippen LogP) is -1.01. The fourth-order valence-electron chi connectivity index (χ4n) is 1.84. The van der Waals surface area contributed by atoms with E-state index in [9.17, 15) is 18.3 Å². The lowest BCUT2D eigenvalue weighted by molar-refractivity contribution is -0.893. The first-order valence-corrected chi connectivity index (χ1v) is 8.00. The van der Waals surface area contributed by atoms with Gasteiger partial charge in [-0.2, -0.15) is 0 Å². The zero-order chi connectivity index (χ0) is 14.4. The van der Waals surface area contributed by atoms with Crippen LogP contribution in [0.15, 0.2) is 0 Å². The highest BCUT2D eigenvalue weighted by molar-refractivity contribution is 7.90. The molecule has 1 atom stereocenters. The van der Waals surface area contributed by atoms with Crippen molar-refractivity contribution in [3.05, 3.63) is 0 Å². The first-order chi connectivity index (χ1) is 8.02. The van der Waals surface area contributed by atoms with E-state index in [1.165, 1.54) is 6.92 Å². The molecule has 0 aliphatic rings. The maximum absolute atomic E-state index is 11.0. The number of amides is 1. The Hall–Kier alpha value is -0.660. The molecule has 0 saturated heterocycles. The van der Waals surface area contributed by atoms with Gasteiger partial charge in [0.15, 0.2) is 0 Å². The first-order valence-electron chi connectivity index (χ1n) is 5.94. The SMILES string of the molecule is CC(=O)NCCC[N+](C)(C)CC(O)CS(C)(=O)=O. The largest absolute Gasteiger partial charge is 0.386 e. The second kappa shape index (κ2) is 7.06. The summed E-state index contributed by atoms with van der Waals surface area (Å²) < 4.78 is 22.6. The highest BCUT2D eigenvalue weighted by Gasteiger charge is 2.23. The van der Waals surface area contributed by atoms with E-state index in [-0.39, 0.29) is 11.7 Å². The van der Waals surface area contributed by atoms with Crippen molar-refractivity contribution in [1.82, 2.24) is 5.32 Å². The van der Waals surface area contributed by atoms with Crippen molar-refractivity contribution in [2.24, 2.45) is 0 Å². The van der Waals surface area contributed by atoms with Gasteiger partial charge in [0.1, 0.15) is 22.5 Å². The molecule has 0 aliphatic heterocycles. The van der Waals surface area contributed by atoms with E-state index in [1.54, 1.807) is 0 Å². The Kier molecular flexibility index (Phi) is 6.80. The average Bonchev–Trinajstić information content (AvgIpc) is 2.07. The molecule has 0 aromatic rings. The number of nitrogens with zero attached hydrogens (tertiary/aromatic N) is 1. The molecule has 0 bridgehead atoms. The number of quaternary nitrogens is 1. The van der Waals surface area contributed by atoms with Crippen molar-refractivity contribution in [3.8, 4) is 0 Å². The highest BCUT2D eigenvalue weighted by atomic mass is 32.2. The van der Waals surface area contributed by atoms with Gasteiger partial charge < -0.3 is 14.9 Å². The second-order valence-corrected chi connectivity index (χ2v) is 7.61. The number of hydrogen-bond donors (Lipinski definition) is 2. The Balaban J connectivity index is 4.02. The summed E-state index contributed by atoms with van der Waals surface area (Å²) in [6.07, 6.45) is 1.06. The quantitative estimate of drug-likeness (QED) is 0.441. The Morgan fingerprint density at radius 3 is 2.39 bits per heavy atom. The zero-order valence-electron chi connectivity index (χ0n) is 11.6. The molecule has 0 spiro atoms. The third kappa shape index (κ3) is 10.5. The Labute approximate surface area is 109 Å². The second-order valence-electron chi connectivity index (χ2n) is 5.42. The van der Waals surface area contributed by atoms with Crippen LogP contribution in [0.5, 0.6) is 0 Å². The lowest BCUT2D eigenvalue weighted by Gasteiger charge is -2.31. The number of aliphatic hydroxyl groups excluding tert-OH is 1. The van der Waals surface area contributed by atoms with E-state index < -0.39 is 15.9 Å². The molecular weight excluding hydrogens is 256 g/mol.